The van der Waals surface area contributed by atoms with Gasteiger partial charge >= 0.3 is 0 Å². The summed E-state index contributed by atoms with van der Waals surface area (Å²) in [5, 5.41) is 3.36. The van der Waals surface area contributed by atoms with E-state index in [2.05, 4.69) is 11.4 Å². The summed E-state index contributed by atoms with van der Waals surface area (Å²) >= 11 is 0. The average molecular weight is 261 g/mol. The van der Waals surface area contributed by atoms with Gasteiger partial charge in [-0.3, -0.25) is 4.79 Å². The van der Waals surface area contributed by atoms with Gasteiger partial charge < -0.3 is 10.1 Å². The molecule has 1 aliphatic rings. The number of ether oxygens (including phenoxy) is 1. The SMILES string of the molecule is COc1c(C)cc(C)cc1C(=O)CC1CCCNC1. The number of hydrogen-bond acceptors (Lipinski definition) is 3. The van der Waals surface area contributed by atoms with E-state index in [0.717, 1.165) is 42.0 Å². The lowest BCUT2D eigenvalue weighted by Gasteiger charge is -2.22. The summed E-state index contributed by atoms with van der Waals surface area (Å²) in [6.07, 6.45) is 2.93. The molecule has 0 spiro atoms. The molecule has 1 aliphatic heterocycles. The molecule has 1 N–H and O–H groups in total. The number of carbonyl (C=O) groups excluding carboxylic acids is 1. The second-order valence-corrected chi connectivity index (χ2v) is 5.50. The Morgan fingerprint density at radius 3 is 2.84 bits per heavy atom. The minimum Gasteiger partial charge on any atom is -0.496 e. The van der Waals surface area contributed by atoms with Crippen molar-refractivity contribution in [2.75, 3.05) is 20.2 Å². The monoisotopic (exact) mass is 261 g/mol. The fraction of sp³-hybridized carbons (Fsp3) is 0.562. The lowest BCUT2D eigenvalue weighted by Crippen LogP contribution is -2.31. The van der Waals surface area contributed by atoms with Crippen molar-refractivity contribution >= 4 is 5.78 Å². The summed E-state index contributed by atoms with van der Waals surface area (Å²) in [4.78, 5) is 12.5. The minimum atomic E-state index is 0.206. The predicted molar refractivity (Wildman–Crippen MR) is 77.0 cm³/mol. The van der Waals surface area contributed by atoms with Gasteiger partial charge in [0.05, 0.1) is 12.7 Å². The zero-order chi connectivity index (χ0) is 13.8. The Labute approximate surface area is 115 Å². The Morgan fingerprint density at radius 2 is 2.21 bits per heavy atom. The number of hydrogen-bond donors (Lipinski definition) is 1. The molecule has 2 rings (SSSR count). The number of rotatable bonds is 4. The largest absolute Gasteiger partial charge is 0.496 e. The fourth-order valence-electron chi connectivity index (χ4n) is 2.90. The lowest BCUT2D eigenvalue weighted by atomic mass is 9.90. The molecule has 1 unspecified atom stereocenters. The number of aryl methyl sites for hydroxylation is 2. The molecule has 1 heterocycles. The molecular weight excluding hydrogens is 238 g/mol. The molecule has 0 aliphatic carbocycles. The molecule has 0 amide bonds. The van der Waals surface area contributed by atoms with E-state index >= 15 is 0 Å². The van der Waals surface area contributed by atoms with Crippen LogP contribution < -0.4 is 10.1 Å². The summed E-state index contributed by atoms with van der Waals surface area (Å²) in [7, 11) is 1.64. The van der Waals surface area contributed by atoms with E-state index in [1.807, 2.05) is 19.9 Å². The topological polar surface area (TPSA) is 38.3 Å². The van der Waals surface area contributed by atoms with Crippen LogP contribution in [0.25, 0.3) is 0 Å². The third kappa shape index (κ3) is 3.35. The van der Waals surface area contributed by atoms with Crippen LogP contribution in [0.4, 0.5) is 0 Å². The van der Waals surface area contributed by atoms with Crippen LogP contribution in [0.3, 0.4) is 0 Å². The van der Waals surface area contributed by atoms with Crippen molar-refractivity contribution in [1.29, 1.82) is 0 Å². The first-order valence-corrected chi connectivity index (χ1v) is 7.01. The average Bonchev–Trinajstić information content (AvgIpc) is 2.39. The van der Waals surface area contributed by atoms with Crippen molar-refractivity contribution < 1.29 is 9.53 Å². The summed E-state index contributed by atoms with van der Waals surface area (Å²) < 4.78 is 5.40. The van der Waals surface area contributed by atoms with Gasteiger partial charge in [0.2, 0.25) is 0 Å². The summed E-state index contributed by atoms with van der Waals surface area (Å²) in [5.74, 6) is 1.41. The van der Waals surface area contributed by atoms with Crippen LogP contribution in [0, 0.1) is 19.8 Å². The molecule has 1 atom stereocenters. The first-order chi connectivity index (χ1) is 9.11. The highest BCUT2D eigenvalue weighted by Crippen LogP contribution is 2.28. The second-order valence-electron chi connectivity index (χ2n) is 5.50. The quantitative estimate of drug-likeness (QED) is 0.847. The molecule has 1 aromatic carbocycles. The Bertz CT molecular complexity index is 462. The van der Waals surface area contributed by atoms with Gasteiger partial charge in [-0.15, -0.1) is 0 Å². The number of ketones is 1. The van der Waals surface area contributed by atoms with Crippen molar-refractivity contribution in [2.24, 2.45) is 5.92 Å². The van der Waals surface area contributed by atoms with E-state index in [1.165, 1.54) is 6.42 Å². The molecule has 1 saturated heterocycles. The van der Waals surface area contributed by atoms with E-state index in [-0.39, 0.29) is 5.78 Å². The van der Waals surface area contributed by atoms with Crippen LogP contribution in [0.1, 0.15) is 40.7 Å². The second kappa shape index (κ2) is 6.20. The van der Waals surface area contributed by atoms with E-state index < -0.39 is 0 Å². The maximum absolute atomic E-state index is 12.5. The van der Waals surface area contributed by atoms with Gasteiger partial charge in [-0.25, -0.2) is 0 Å². The van der Waals surface area contributed by atoms with Gasteiger partial charge in [0.15, 0.2) is 5.78 Å². The summed E-state index contributed by atoms with van der Waals surface area (Å²) in [5.41, 5.74) is 2.89. The van der Waals surface area contributed by atoms with Crippen molar-refractivity contribution in [3.63, 3.8) is 0 Å². The molecule has 3 nitrogen and oxygen atoms in total. The van der Waals surface area contributed by atoms with E-state index in [1.54, 1.807) is 7.11 Å². The number of carbonyl (C=O) groups is 1. The van der Waals surface area contributed by atoms with E-state index in [0.29, 0.717) is 12.3 Å². The summed E-state index contributed by atoms with van der Waals surface area (Å²) in [6, 6.07) is 4.00. The number of benzene rings is 1. The highest BCUT2D eigenvalue weighted by atomic mass is 16.5. The molecule has 0 bridgehead atoms. The van der Waals surface area contributed by atoms with Gasteiger partial charge in [0, 0.05) is 6.42 Å². The molecule has 0 saturated carbocycles. The maximum Gasteiger partial charge on any atom is 0.166 e. The van der Waals surface area contributed by atoms with Crippen LogP contribution in [-0.2, 0) is 0 Å². The van der Waals surface area contributed by atoms with Crippen LogP contribution in [-0.4, -0.2) is 26.0 Å². The first-order valence-electron chi connectivity index (χ1n) is 7.01. The van der Waals surface area contributed by atoms with E-state index in [9.17, 15) is 4.79 Å². The Hall–Kier alpha value is -1.35. The zero-order valence-electron chi connectivity index (χ0n) is 12.1. The number of nitrogens with one attached hydrogen (secondary N) is 1. The normalized spacial score (nSPS) is 19.2. The molecule has 104 valence electrons. The van der Waals surface area contributed by atoms with Gasteiger partial charge in [0.25, 0.3) is 0 Å². The van der Waals surface area contributed by atoms with Crippen molar-refractivity contribution in [1.82, 2.24) is 5.32 Å². The Kier molecular flexibility index (Phi) is 4.59. The lowest BCUT2D eigenvalue weighted by molar-refractivity contribution is 0.0950. The number of Topliss-reactive ketones (excluding diaryl/α,β-unsaturated/α-hetero) is 1. The van der Waals surface area contributed by atoms with Crippen LogP contribution >= 0.6 is 0 Å². The fourth-order valence-corrected chi connectivity index (χ4v) is 2.90. The van der Waals surface area contributed by atoms with E-state index in [4.69, 9.17) is 4.74 Å². The molecular formula is C16H23NO2. The maximum atomic E-state index is 12.5. The first kappa shape index (κ1) is 14.1. The summed E-state index contributed by atoms with van der Waals surface area (Å²) in [6.45, 7) is 6.05. The Morgan fingerprint density at radius 1 is 1.42 bits per heavy atom. The minimum absolute atomic E-state index is 0.206. The van der Waals surface area contributed by atoms with Crippen LogP contribution in [0.15, 0.2) is 12.1 Å². The molecule has 19 heavy (non-hydrogen) atoms. The van der Waals surface area contributed by atoms with Crippen molar-refractivity contribution in [2.45, 2.75) is 33.1 Å². The van der Waals surface area contributed by atoms with Crippen LogP contribution in [0.2, 0.25) is 0 Å². The number of methoxy groups -OCH3 is 1. The molecule has 0 radical (unpaired) electrons. The Balaban J connectivity index is 2.17. The van der Waals surface area contributed by atoms with Crippen LogP contribution in [0.5, 0.6) is 5.75 Å². The molecule has 0 aromatic heterocycles. The van der Waals surface area contributed by atoms with Crippen molar-refractivity contribution in [3.8, 4) is 5.75 Å². The van der Waals surface area contributed by atoms with Gasteiger partial charge in [-0.05, 0) is 62.9 Å². The van der Waals surface area contributed by atoms with Gasteiger partial charge in [-0.1, -0.05) is 6.07 Å². The molecule has 1 fully saturated rings. The van der Waals surface area contributed by atoms with Crippen molar-refractivity contribution in [3.05, 3.63) is 28.8 Å². The standard InChI is InChI=1S/C16H23NO2/c1-11-7-12(2)16(19-3)14(8-11)15(18)9-13-5-4-6-17-10-13/h7-8,13,17H,4-6,9-10H2,1-3H3. The smallest absolute Gasteiger partial charge is 0.166 e. The third-order valence-corrected chi connectivity index (χ3v) is 3.80. The van der Waals surface area contributed by atoms with Gasteiger partial charge in [0.1, 0.15) is 5.75 Å². The van der Waals surface area contributed by atoms with Gasteiger partial charge in [-0.2, -0.15) is 0 Å². The molecule has 1 aromatic rings. The molecule has 3 heteroatoms. The number of piperidine rings is 1. The predicted octanol–water partition coefficient (Wildman–Crippen LogP) is 2.88. The highest BCUT2D eigenvalue weighted by molar-refractivity contribution is 5.99. The highest BCUT2D eigenvalue weighted by Gasteiger charge is 2.21. The zero-order valence-corrected chi connectivity index (χ0v) is 12.1. The third-order valence-electron chi connectivity index (χ3n) is 3.80.